The van der Waals surface area contributed by atoms with Gasteiger partial charge in [-0.05, 0) is 29.3 Å². The number of nitrogens with one attached hydrogen (secondary N) is 2. The number of anilines is 1. The molecule has 19 heavy (non-hydrogen) atoms. The standard InChI is InChI=1S/C14H16N4O/c15-7-10-1-3-12(4-2-10)18-9-13(17-14(18)19)11-5-6-16-8-11/h1-6,8,13,16H,7,9,15H2,(H,17,19). The van der Waals surface area contributed by atoms with Crippen molar-refractivity contribution in [2.24, 2.45) is 5.73 Å². The second-order valence-corrected chi connectivity index (χ2v) is 4.63. The monoisotopic (exact) mass is 256 g/mol. The summed E-state index contributed by atoms with van der Waals surface area (Å²) >= 11 is 0. The molecule has 1 aromatic carbocycles. The first kappa shape index (κ1) is 11.8. The molecule has 98 valence electrons. The molecule has 2 heterocycles. The highest BCUT2D eigenvalue weighted by Crippen LogP contribution is 2.25. The molecule has 1 atom stereocenters. The Hall–Kier alpha value is -2.27. The Morgan fingerprint density at radius 3 is 2.68 bits per heavy atom. The smallest absolute Gasteiger partial charge is 0.322 e. The molecular weight excluding hydrogens is 240 g/mol. The van der Waals surface area contributed by atoms with Crippen LogP contribution in [0.2, 0.25) is 0 Å². The van der Waals surface area contributed by atoms with Gasteiger partial charge in [0.1, 0.15) is 0 Å². The zero-order chi connectivity index (χ0) is 13.2. The van der Waals surface area contributed by atoms with E-state index in [0.717, 1.165) is 16.8 Å². The number of urea groups is 1. The van der Waals surface area contributed by atoms with Gasteiger partial charge in [0.15, 0.2) is 0 Å². The van der Waals surface area contributed by atoms with Crippen LogP contribution in [0.1, 0.15) is 17.2 Å². The maximum atomic E-state index is 12.0. The zero-order valence-electron chi connectivity index (χ0n) is 10.5. The van der Waals surface area contributed by atoms with Gasteiger partial charge in [-0.1, -0.05) is 12.1 Å². The van der Waals surface area contributed by atoms with Crippen LogP contribution >= 0.6 is 0 Å². The van der Waals surface area contributed by atoms with Gasteiger partial charge in [-0.2, -0.15) is 0 Å². The van der Waals surface area contributed by atoms with E-state index in [1.807, 2.05) is 42.7 Å². The Morgan fingerprint density at radius 2 is 2.05 bits per heavy atom. The van der Waals surface area contributed by atoms with E-state index in [1.165, 1.54) is 0 Å². The summed E-state index contributed by atoms with van der Waals surface area (Å²) in [5.74, 6) is 0. The summed E-state index contributed by atoms with van der Waals surface area (Å²) in [5, 5.41) is 2.98. The average molecular weight is 256 g/mol. The first-order valence-corrected chi connectivity index (χ1v) is 6.27. The van der Waals surface area contributed by atoms with Crippen molar-refractivity contribution in [1.29, 1.82) is 0 Å². The van der Waals surface area contributed by atoms with Gasteiger partial charge in [0.25, 0.3) is 0 Å². The molecule has 2 amide bonds. The molecule has 0 radical (unpaired) electrons. The minimum Gasteiger partial charge on any atom is -0.367 e. The van der Waals surface area contributed by atoms with Gasteiger partial charge in [0, 0.05) is 24.6 Å². The zero-order valence-corrected chi connectivity index (χ0v) is 10.5. The molecule has 1 aliphatic rings. The van der Waals surface area contributed by atoms with Gasteiger partial charge in [0.2, 0.25) is 0 Å². The van der Waals surface area contributed by atoms with Crippen LogP contribution in [-0.2, 0) is 6.54 Å². The number of aromatic nitrogens is 1. The lowest BCUT2D eigenvalue weighted by Crippen LogP contribution is -2.27. The number of benzene rings is 1. The first-order chi connectivity index (χ1) is 9.28. The number of carbonyl (C=O) groups is 1. The normalized spacial score (nSPS) is 18.7. The Bertz CT molecular complexity index is 562. The number of hydrogen-bond donors (Lipinski definition) is 3. The predicted octanol–water partition coefficient (Wildman–Crippen LogP) is 1.74. The van der Waals surface area contributed by atoms with Gasteiger partial charge in [-0.3, -0.25) is 4.90 Å². The minimum absolute atomic E-state index is 0.0351. The average Bonchev–Trinajstić information content (AvgIpc) is 3.08. The Morgan fingerprint density at radius 1 is 1.26 bits per heavy atom. The van der Waals surface area contributed by atoms with Crippen molar-refractivity contribution in [1.82, 2.24) is 10.3 Å². The Kier molecular flexibility index (Phi) is 2.97. The van der Waals surface area contributed by atoms with E-state index in [-0.39, 0.29) is 12.1 Å². The molecule has 1 unspecified atom stereocenters. The van der Waals surface area contributed by atoms with Gasteiger partial charge in [0.05, 0.1) is 12.6 Å². The lowest BCUT2D eigenvalue weighted by atomic mass is 10.1. The van der Waals surface area contributed by atoms with Gasteiger partial charge in [-0.15, -0.1) is 0 Å². The Labute approximate surface area is 111 Å². The SMILES string of the molecule is NCc1ccc(N2CC(c3cc[nH]c3)NC2=O)cc1. The van der Waals surface area contributed by atoms with Crippen LogP contribution in [0.3, 0.4) is 0 Å². The van der Waals surface area contributed by atoms with Crippen LogP contribution < -0.4 is 16.0 Å². The van der Waals surface area contributed by atoms with Crippen molar-refractivity contribution in [2.45, 2.75) is 12.6 Å². The van der Waals surface area contributed by atoms with Crippen molar-refractivity contribution < 1.29 is 4.79 Å². The molecule has 1 aliphatic heterocycles. The fourth-order valence-electron chi connectivity index (χ4n) is 2.32. The molecule has 5 nitrogen and oxygen atoms in total. The van der Waals surface area contributed by atoms with E-state index in [9.17, 15) is 4.79 Å². The van der Waals surface area contributed by atoms with Gasteiger partial charge in [-0.25, -0.2) is 4.79 Å². The van der Waals surface area contributed by atoms with Gasteiger partial charge < -0.3 is 16.0 Å². The summed E-state index contributed by atoms with van der Waals surface area (Å²) in [6, 6.07) is 9.71. The molecule has 4 N–H and O–H groups in total. The summed E-state index contributed by atoms with van der Waals surface area (Å²) < 4.78 is 0. The third kappa shape index (κ3) is 2.20. The largest absolute Gasteiger partial charge is 0.367 e. The van der Waals surface area contributed by atoms with Gasteiger partial charge >= 0.3 is 6.03 Å². The molecule has 5 heteroatoms. The molecule has 1 aromatic heterocycles. The van der Waals surface area contributed by atoms with E-state index in [4.69, 9.17) is 5.73 Å². The summed E-state index contributed by atoms with van der Waals surface area (Å²) in [4.78, 5) is 16.8. The molecule has 1 fully saturated rings. The summed E-state index contributed by atoms with van der Waals surface area (Å²) in [5.41, 5.74) is 8.62. The molecule has 0 saturated carbocycles. The number of rotatable bonds is 3. The van der Waals surface area contributed by atoms with Crippen molar-refractivity contribution in [3.63, 3.8) is 0 Å². The number of nitrogens with zero attached hydrogens (tertiary/aromatic N) is 1. The van der Waals surface area contributed by atoms with Crippen molar-refractivity contribution >= 4 is 11.7 Å². The summed E-state index contributed by atoms with van der Waals surface area (Å²) in [6.07, 6.45) is 3.77. The maximum Gasteiger partial charge on any atom is 0.322 e. The predicted molar refractivity (Wildman–Crippen MR) is 73.7 cm³/mol. The van der Waals surface area contributed by atoms with Crippen LogP contribution in [0, 0.1) is 0 Å². The number of hydrogen-bond acceptors (Lipinski definition) is 2. The molecule has 0 bridgehead atoms. The summed E-state index contributed by atoms with van der Waals surface area (Å²) in [7, 11) is 0. The van der Waals surface area contributed by atoms with Crippen LogP contribution in [0.4, 0.5) is 10.5 Å². The van der Waals surface area contributed by atoms with Crippen LogP contribution in [-0.4, -0.2) is 17.6 Å². The number of nitrogens with two attached hydrogens (primary N) is 1. The molecule has 0 aliphatic carbocycles. The van der Waals surface area contributed by atoms with E-state index < -0.39 is 0 Å². The van der Waals surface area contributed by atoms with Crippen molar-refractivity contribution in [3.05, 3.63) is 53.9 Å². The molecular formula is C14H16N4O. The highest BCUT2D eigenvalue weighted by molar-refractivity contribution is 5.94. The number of H-pyrrole nitrogens is 1. The third-order valence-electron chi connectivity index (χ3n) is 3.42. The third-order valence-corrected chi connectivity index (χ3v) is 3.42. The highest BCUT2D eigenvalue weighted by atomic mass is 16.2. The second kappa shape index (κ2) is 4.78. The summed E-state index contributed by atoms with van der Waals surface area (Å²) in [6.45, 7) is 1.15. The van der Waals surface area contributed by atoms with E-state index in [0.29, 0.717) is 13.1 Å². The lowest BCUT2D eigenvalue weighted by molar-refractivity contribution is 0.251. The number of aromatic amines is 1. The van der Waals surface area contributed by atoms with Crippen molar-refractivity contribution in [2.75, 3.05) is 11.4 Å². The quantitative estimate of drug-likeness (QED) is 0.782. The molecule has 0 spiro atoms. The van der Waals surface area contributed by atoms with Crippen LogP contribution in [0.25, 0.3) is 0 Å². The van der Waals surface area contributed by atoms with E-state index >= 15 is 0 Å². The maximum absolute atomic E-state index is 12.0. The van der Waals surface area contributed by atoms with Crippen LogP contribution in [0.5, 0.6) is 0 Å². The van der Waals surface area contributed by atoms with Crippen LogP contribution in [0.15, 0.2) is 42.7 Å². The lowest BCUT2D eigenvalue weighted by Gasteiger charge is -2.15. The molecule has 3 rings (SSSR count). The Balaban J connectivity index is 1.79. The topological polar surface area (TPSA) is 74.2 Å². The molecule has 1 saturated heterocycles. The molecule has 2 aromatic rings. The van der Waals surface area contributed by atoms with E-state index in [1.54, 1.807) is 4.90 Å². The van der Waals surface area contributed by atoms with Crippen molar-refractivity contribution in [3.8, 4) is 0 Å². The number of amides is 2. The number of carbonyl (C=O) groups excluding carboxylic acids is 1. The fraction of sp³-hybridized carbons (Fsp3) is 0.214. The van der Waals surface area contributed by atoms with E-state index in [2.05, 4.69) is 10.3 Å². The minimum atomic E-state index is -0.0632. The second-order valence-electron chi connectivity index (χ2n) is 4.63. The fourth-order valence-corrected chi connectivity index (χ4v) is 2.32. The first-order valence-electron chi connectivity index (χ1n) is 6.27. The highest BCUT2D eigenvalue weighted by Gasteiger charge is 2.30.